The maximum absolute atomic E-state index is 11.7. The number of aromatic nitrogens is 4. The van der Waals surface area contributed by atoms with Gasteiger partial charge in [0.15, 0.2) is 5.82 Å². The standard InChI is InChI=1S/C24H38N6O7/c1-20-27-29-24(30-28-20)21-2-4-22(5-3-21)37-19-18-36-17-16-35-15-14-34-11-8-26-23(31)6-9-32-12-13-33-10-7-25/h2-5H,6-19,25H2,1H3,(H,26,31). The predicted molar refractivity (Wildman–Crippen MR) is 134 cm³/mol. The van der Waals surface area contributed by atoms with Gasteiger partial charge in [-0.1, -0.05) is 0 Å². The lowest BCUT2D eigenvalue weighted by Crippen LogP contribution is -2.28. The second-order valence-electron chi connectivity index (χ2n) is 7.59. The Bertz CT molecular complexity index is 842. The summed E-state index contributed by atoms with van der Waals surface area (Å²) in [4.78, 5) is 11.7. The third-order valence-electron chi connectivity index (χ3n) is 4.61. The summed E-state index contributed by atoms with van der Waals surface area (Å²) in [6.45, 7) is 7.58. The number of benzene rings is 1. The minimum Gasteiger partial charge on any atom is -0.491 e. The van der Waals surface area contributed by atoms with Gasteiger partial charge in [-0.25, -0.2) is 0 Å². The van der Waals surface area contributed by atoms with E-state index in [0.717, 1.165) is 11.3 Å². The first-order valence-corrected chi connectivity index (χ1v) is 12.3. The molecule has 1 aromatic heterocycles. The summed E-state index contributed by atoms with van der Waals surface area (Å²) in [5.74, 6) is 1.64. The molecule has 2 aromatic rings. The number of carbonyl (C=O) groups is 1. The fraction of sp³-hybridized carbons (Fsp3) is 0.625. The number of ether oxygens (including phenoxy) is 6. The second kappa shape index (κ2) is 20.3. The van der Waals surface area contributed by atoms with Gasteiger partial charge in [-0.3, -0.25) is 4.79 Å². The molecular weight excluding hydrogens is 484 g/mol. The molecule has 206 valence electrons. The molecule has 0 bridgehead atoms. The van der Waals surface area contributed by atoms with Crippen molar-refractivity contribution in [2.45, 2.75) is 13.3 Å². The number of nitrogens with two attached hydrogens (primary N) is 1. The van der Waals surface area contributed by atoms with Gasteiger partial charge in [0.2, 0.25) is 11.7 Å². The average Bonchev–Trinajstić information content (AvgIpc) is 2.91. The van der Waals surface area contributed by atoms with Crippen molar-refractivity contribution in [2.24, 2.45) is 5.73 Å². The minimum atomic E-state index is -0.0761. The Morgan fingerprint density at radius 3 is 1.89 bits per heavy atom. The highest BCUT2D eigenvalue weighted by Crippen LogP contribution is 2.18. The summed E-state index contributed by atoms with van der Waals surface area (Å²) in [5, 5.41) is 18.6. The van der Waals surface area contributed by atoms with E-state index in [1.54, 1.807) is 6.92 Å². The maximum atomic E-state index is 11.7. The van der Waals surface area contributed by atoms with Crippen molar-refractivity contribution in [3.63, 3.8) is 0 Å². The molecule has 13 nitrogen and oxygen atoms in total. The molecule has 0 saturated heterocycles. The first-order valence-electron chi connectivity index (χ1n) is 12.3. The predicted octanol–water partition coefficient (Wildman–Crippen LogP) is 0.169. The molecule has 0 radical (unpaired) electrons. The highest BCUT2D eigenvalue weighted by molar-refractivity contribution is 5.75. The van der Waals surface area contributed by atoms with Gasteiger partial charge < -0.3 is 39.5 Å². The zero-order valence-corrected chi connectivity index (χ0v) is 21.4. The molecule has 0 aliphatic rings. The number of aryl methyl sites for hydroxylation is 1. The van der Waals surface area contributed by atoms with Crippen molar-refractivity contribution in [3.05, 3.63) is 30.1 Å². The van der Waals surface area contributed by atoms with Crippen LogP contribution >= 0.6 is 0 Å². The van der Waals surface area contributed by atoms with Gasteiger partial charge in [-0.15, -0.1) is 20.4 Å². The third kappa shape index (κ3) is 15.1. The van der Waals surface area contributed by atoms with Gasteiger partial charge in [0.05, 0.1) is 66.1 Å². The Morgan fingerprint density at radius 2 is 1.27 bits per heavy atom. The van der Waals surface area contributed by atoms with Crippen LogP contribution in [0, 0.1) is 6.92 Å². The van der Waals surface area contributed by atoms with E-state index in [1.165, 1.54) is 0 Å². The molecule has 1 amide bonds. The zero-order valence-electron chi connectivity index (χ0n) is 21.4. The fourth-order valence-corrected chi connectivity index (χ4v) is 2.78. The van der Waals surface area contributed by atoms with Gasteiger partial charge in [-0.2, -0.15) is 0 Å². The largest absolute Gasteiger partial charge is 0.491 e. The Kier molecular flexibility index (Phi) is 16.7. The summed E-state index contributed by atoms with van der Waals surface area (Å²) in [7, 11) is 0. The SMILES string of the molecule is Cc1nnc(-c2ccc(OCCOCCOCCOCCNC(=O)CCOCCOCCN)cc2)nn1. The summed E-state index contributed by atoms with van der Waals surface area (Å²) >= 11 is 0. The smallest absolute Gasteiger partial charge is 0.222 e. The van der Waals surface area contributed by atoms with Gasteiger partial charge in [0.1, 0.15) is 12.4 Å². The van der Waals surface area contributed by atoms with Crippen LogP contribution in [-0.4, -0.2) is 112 Å². The number of carbonyl (C=O) groups excluding carboxylic acids is 1. The van der Waals surface area contributed by atoms with Gasteiger partial charge in [-0.05, 0) is 31.2 Å². The van der Waals surface area contributed by atoms with Crippen LogP contribution in [0.4, 0.5) is 0 Å². The van der Waals surface area contributed by atoms with Crippen molar-refractivity contribution in [3.8, 4) is 17.1 Å². The molecule has 2 rings (SSSR count). The van der Waals surface area contributed by atoms with E-state index in [2.05, 4.69) is 25.7 Å². The molecule has 1 aromatic carbocycles. The normalized spacial score (nSPS) is 11.0. The van der Waals surface area contributed by atoms with Gasteiger partial charge >= 0.3 is 0 Å². The van der Waals surface area contributed by atoms with E-state index >= 15 is 0 Å². The van der Waals surface area contributed by atoms with Crippen molar-refractivity contribution >= 4 is 5.91 Å². The quantitative estimate of drug-likeness (QED) is 0.202. The monoisotopic (exact) mass is 522 g/mol. The van der Waals surface area contributed by atoms with E-state index in [1.807, 2.05) is 24.3 Å². The molecule has 0 saturated carbocycles. The molecule has 0 aliphatic carbocycles. The topological polar surface area (TPSA) is 162 Å². The van der Waals surface area contributed by atoms with Gasteiger partial charge in [0.25, 0.3) is 0 Å². The Hall–Kier alpha value is -2.81. The number of nitrogens with one attached hydrogen (secondary N) is 1. The lowest BCUT2D eigenvalue weighted by Gasteiger charge is -2.09. The molecule has 0 aliphatic heterocycles. The van der Waals surface area contributed by atoms with Crippen LogP contribution in [-0.2, 0) is 28.5 Å². The van der Waals surface area contributed by atoms with Crippen LogP contribution < -0.4 is 15.8 Å². The summed E-state index contributed by atoms with van der Waals surface area (Å²) in [6, 6.07) is 7.39. The zero-order chi connectivity index (χ0) is 26.4. The number of nitrogens with zero attached hydrogens (tertiary/aromatic N) is 4. The number of hydrogen-bond acceptors (Lipinski definition) is 12. The van der Waals surface area contributed by atoms with E-state index in [0.29, 0.717) is 104 Å². The van der Waals surface area contributed by atoms with Crippen LogP contribution in [0.15, 0.2) is 24.3 Å². The second-order valence-corrected chi connectivity index (χ2v) is 7.59. The highest BCUT2D eigenvalue weighted by Gasteiger charge is 2.04. The van der Waals surface area contributed by atoms with Crippen LogP contribution in [0.1, 0.15) is 12.2 Å². The maximum Gasteiger partial charge on any atom is 0.222 e. The molecule has 0 atom stereocenters. The molecule has 1 heterocycles. The van der Waals surface area contributed by atoms with E-state index in [4.69, 9.17) is 34.2 Å². The summed E-state index contributed by atoms with van der Waals surface area (Å²) in [5.41, 5.74) is 6.13. The van der Waals surface area contributed by atoms with Crippen LogP contribution in [0.3, 0.4) is 0 Å². The van der Waals surface area contributed by atoms with E-state index in [-0.39, 0.29) is 5.91 Å². The number of hydrogen-bond donors (Lipinski definition) is 2. The van der Waals surface area contributed by atoms with Crippen molar-refractivity contribution < 1.29 is 33.2 Å². The first-order chi connectivity index (χ1) is 18.2. The van der Waals surface area contributed by atoms with Crippen LogP contribution in [0.25, 0.3) is 11.4 Å². The lowest BCUT2D eigenvalue weighted by atomic mass is 10.2. The average molecular weight is 523 g/mol. The van der Waals surface area contributed by atoms with Crippen molar-refractivity contribution in [2.75, 3.05) is 85.8 Å². The number of amides is 1. The molecular formula is C24H38N6O7. The Labute approximate surface area is 217 Å². The number of rotatable bonds is 22. The van der Waals surface area contributed by atoms with E-state index in [9.17, 15) is 4.79 Å². The molecule has 37 heavy (non-hydrogen) atoms. The minimum absolute atomic E-state index is 0.0761. The lowest BCUT2D eigenvalue weighted by molar-refractivity contribution is -0.122. The Balaban J connectivity index is 1.33. The van der Waals surface area contributed by atoms with Crippen LogP contribution in [0.2, 0.25) is 0 Å². The molecule has 0 fully saturated rings. The Morgan fingerprint density at radius 1 is 0.730 bits per heavy atom. The fourth-order valence-electron chi connectivity index (χ4n) is 2.78. The first kappa shape index (κ1) is 30.4. The molecule has 3 N–H and O–H groups in total. The molecule has 13 heteroatoms. The highest BCUT2D eigenvalue weighted by atomic mass is 16.6. The molecule has 0 spiro atoms. The van der Waals surface area contributed by atoms with Gasteiger partial charge in [0, 0.05) is 25.1 Å². The van der Waals surface area contributed by atoms with Crippen molar-refractivity contribution in [1.29, 1.82) is 0 Å². The van der Waals surface area contributed by atoms with Crippen LogP contribution in [0.5, 0.6) is 5.75 Å². The molecule has 0 unspecified atom stereocenters. The third-order valence-corrected chi connectivity index (χ3v) is 4.61. The summed E-state index contributed by atoms with van der Waals surface area (Å²) < 4.78 is 32.5. The van der Waals surface area contributed by atoms with E-state index < -0.39 is 0 Å². The summed E-state index contributed by atoms with van der Waals surface area (Å²) in [6.07, 6.45) is 0.302. The van der Waals surface area contributed by atoms with Crippen molar-refractivity contribution in [1.82, 2.24) is 25.7 Å².